The van der Waals surface area contributed by atoms with Gasteiger partial charge in [-0.05, 0) is 20.8 Å². The van der Waals surface area contributed by atoms with E-state index in [1.807, 2.05) is 20.8 Å². The summed E-state index contributed by atoms with van der Waals surface area (Å²) in [4.78, 5) is 0. The van der Waals surface area contributed by atoms with Gasteiger partial charge in [-0.15, -0.1) is 0 Å². The molecule has 0 amide bonds. The molecule has 0 aromatic heterocycles. The Balaban J connectivity index is -0.0000000267. The van der Waals surface area contributed by atoms with Gasteiger partial charge < -0.3 is 30.5 Å². The summed E-state index contributed by atoms with van der Waals surface area (Å²) in [6, 6.07) is 0. The first kappa shape index (κ1) is 22.8. The molecule has 2 N–H and O–H groups in total. The van der Waals surface area contributed by atoms with Gasteiger partial charge in [-0.25, -0.2) is 0 Å². The Labute approximate surface area is 79.8 Å². The van der Waals surface area contributed by atoms with Crippen LogP contribution in [0.3, 0.4) is 0 Å². The van der Waals surface area contributed by atoms with E-state index >= 15 is 0 Å². The summed E-state index contributed by atoms with van der Waals surface area (Å²) >= 11 is 0. The Hall–Kier alpha value is 1.31. The Kier molecular flexibility index (Phi) is 23.7. The molecule has 0 heterocycles. The number of halogens is 2. The maximum absolute atomic E-state index is 5.35. The third kappa shape index (κ3) is 170. The molecule has 0 unspecified atom stereocenters. The summed E-state index contributed by atoms with van der Waals surface area (Å²) in [7, 11) is 0. The van der Waals surface area contributed by atoms with E-state index in [1.54, 1.807) is 0 Å². The summed E-state index contributed by atoms with van der Waals surface area (Å²) in [5.74, 6) is 0. The van der Waals surface area contributed by atoms with E-state index in [4.69, 9.17) is 5.73 Å². The van der Waals surface area contributed by atoms with E-state index < -0.39 is 0 Å². The minimum Gasteiger partial charge on any atom is -1.00 e. The smallest absolute Gasteiger partial charge is 1.00 e. The molecule has 0 saturated heterocycles. The molecule has 0 aliphatic rings. The van der Waals surface area contributed by atoms with Crippen LogP contribution in [0.25, 0.3) is 0 Å². The molecule has 0 aliphatic heterocycles. The normalized spacial score (nSPS) is 7.50. The Morgan fingerprint density at radius 2 is 1.00 bits per heavy atom. The Morgan fingerprint density at radius 1 is 1.00 bits per heavy atom. The van der Waals surface area contributed by atoms with Gasteiger partial charge in [0.2, 0.25) is 0 Å². The van der Waals surface area contributed by atoms with Crippen LogP contribution in [0.15, 0.2) is 0 Å². The Morgan fingerprint density at radius 3 is 1.00 bits per heavy atom. The van der Waals surface area contributed by atoms with Crippen LogP contribution in [-0.2, 0) is 0 Å². The maximum Gasteiger partial charge on any atom is 2.00 e. The van der Waals surface area contributed by atoms with E-state index in [9.17, 15) is 0 Å². The molecule has 0 saturated carbocycles. The van der Waals surface area contributed by atoms with Crippen LogP contribution in [0.2, 0.25) is 0 Å². The summed E-state index contributed by atoms with van der Waals surface area (Å²) in [6.45, 7) is 5.90. The van der Waals surface area contributed by atoms with Crippen LogP contribution < -0.4 is 30.5 Å². The van der Waals surface area contributed by atoms with Gasteiger partial charge in [-0.2, -0.15) is 0 Å². The molecule has 4 heteroatoms. The monoisotopic (exact) mass is 167 g/mol. The molecule has 0 aliphatic carbocycles. The summed E-state index contributed by atoms with van der Waals surface area (Å²) in [5.41, 5.74) is 5.35. The molecule has 0 aromatic carbocycles. The molecule has 0 radical (unpaired) electrons. The van der Waals surface area contributed by atoms with Crippen molar-refractivity contribution in [3.63, 3.8) is 0 Å². The van der Waals surface area contributed by atoms with Crippen molar-refractivity contribution in [1.82, 2.24) is 0 Å². The molecule has 0 spiro atoms. The minimum atomic E-state index is 0. The summed E-state index contributed by atoms with van der Waals surface area (Å²) in [6.07, 6.45) is 0. The number of hydrogen-bond acceptors (Lipinski definition) is 1. The fourth-order valence-corrected chi connectivity index (χ4v) is 0. The minimum absolute atomic E-state index is 0. The first-order valence-electron chi connectivity index (χ1n) is 1.79. The molecular formula is C4H11Cl2MgN. The molecule has 0 bridgehead atoms. The van der Waals surface area contributed by atoms with Crippen molar-refractivity contribution in [2.75, 3.05) is 0 Å². The van der Waals surface area contributed by atoms with Crippen LogP contribution in [0.1, 0.15) is 20.8 Å². The van der Waals surface area contributed by atoms with E-state index in [0.29, 0.717) is 0 Å². The van der Waals surface area contributed by atoms with E-state index in [1.165, 1.54) is 0 Å². The largest absolute Gasteiger partial charge is 2.00 e. The van der Waals surface area contributed by atoms with Gasteiger partial charge >= 0.3 is 23.1 Å². The molecule has 0 rings (SSSR count). The van der Waals surface area contributed by atoms with Gasteiger partial charge in [0.15, 0.2) is 0 Å². The molecule has 0 atom stereocenters. The van der Waals surface area contributed by atoms with Crippen molar-refractivity contribution in [1.29, 1.82) is 0 Å². The van der Waals surface area contributed by atoms with Crippen molar-refractivity contribution >= 4 is 23.1 Å². The third-order valence-electron chi connectivity index (χ3n) is 0. The van der Waals surface area contributed by atoms with Crippen LogP contribution in [0, 0.1) is 0 Å². The number of hydrogen-bond donors (Lipinski definition) is 1. The van der Waals surface area contributed by atoms with Crippen molar-refractivity contribution < 1.29 is 24.8 Å². The molecule has 48 valence electrons. The van der Waals surface area contributed by atoms with Gasteiger partial charge in [0.05, 0.1) is 0 Å². The van der Waals surface area contributed by atoms with Gasteiger partial charge in [0.1, 0.15) is 0 Å². The van der Waals surface area contributed by atoms with Crippen molar-refractivity contribution in [2.24, 2.45) is 5.73 Å². The predicted octanol–water partition coefficient (Wildman–Crippen LogP) is -5.63. The van der Waals surface area contributed by atoms with E-state index in [0.717, 1.165) is 0 Å². The van der Waals surface area contributed by atoms with Gasteiger partial charge in [0, 0.05) is 5.54 Å². The summed E-state index contributed by atoms with van der Waals surface area (Å²) in [5, 5.41) is 0. The van der Waals surface area contributed by atoms with Crippen molar-refractivity contribution in [3.8, 4) is 0 Å². The molecule has 0 aromatic rings. The fourth-order valence-electron chi connectivity index (χ4n) is 0. The standard InChI is InChI=1S/C4H11N.2ClH.Mg/c1-4(2,3)5;;;/h5H2,1-3H3;2*1H;/q;;;+2/p-2. The topological polar surface area (TPSA) is 26.0 Å². The van der Waals surface area contributed by atoms with Gasteiger partial charge in [-0.1, -0.05) is 0 Å². The zero-order valence-corrected chi connectivity index (χ0v) is 8.47. The van der Waals surface area contributed by atoms with E-state index in [-0.39, 0.29) is 53.4 Å². The van der Waals surface area contributed by atoms with Gasteiger partial charge in [0.25, 0.3) is 0 Å². The second kappa shape index (κ2) is 8.31. The fraction of sp³-hybridized carbons (Fsp3) is 1.00. The molecular weight excluding hydrogens is 157 g/mol. The van der Waals surface area contributed by atoms with Crippen LogP contribution in [0.5, 0.6) is 0 Å². The third-order valence-corrected chi connectivity index (χ3v) is 0. The quantitative estimate of drug-likeness (QED) is 0.359. The second-order valence-electron chi connectivity index (χ2n) is 2.37. The molecule has 0 fully saturated rings. The number of nitrogens with two attached hydrogens (primary N) is 1. The first-order valence-corrected chi connectivity index (χ1v) is 1.79. The Bertz CT molecular complexity index is 29.5. The van der Waals surface area contributed by atoms with Crippen molar-refractivity contribution in [2.45, 2.75) is 26.3 Å². The molecule has 8 heavy (non-hydrogen) atoms. The first-order chi connectivity index (χ1) is 2.00. The molecule has 1 nitrogen and oxygen atoms in total. The van der Waals surface area contributed by atoms with Crippen LogP contribution in [0.4, 0.5) is 0 Å². The average molecular weight is 168 g/mol. The second-order valence-corrected chi connectivity index (χ2v) is 2.37. The van der Waals surface area contributed by atoms with E-state index in [2.05, 4.69) is 0 Å². The average Bonchev–Trinajstić information content (AvgIpc) is 0.722. The maximum atomic E-state index is 5.35. The van der Waals surface area contributed by atoms with Crippen molar-refractivity contribution in [3.05, 3.63) is 0 Å². The van der Waals surface area contributed by atoms with Gasteiger partial charge in [-0.3, -0.25) is 0 Å². The number of rotatable bonds is 0. The zero-order chi connectivity index (χ0) is 4.50. The SMILES string of the molecule is CC(C)(C)N.[Cl-].[Cl-].[Mg+2]. The summed E-state index contributed by atoms with van der Waals surface area (Å²) < 4.78 is 0. The van der Waals surface area contributed by atoms with Crippen LogP contribution >= 0.6 is 0 Å². The predicted molar refractivity (Wildman–Crippen MR) is 29.7 cm³/mol. The van der Waals surface area contributed by atoms with Crippen LogP contribution in [-0.4, -0.2) is 28.6 Å². The zero-order valence-electron chi connectivity index (χ0n) is 5.54.